The highest BCUT2D eigenvalue weighted by molar-refractivity contribution is 6.71. The molecule has 0 aliphatic carbocycles. The van der Waals surface area contributed by atoms with Crippen LogP contribution in [0.2, 0.25) is 12.6 Å². The van der Waals surface area contributed by atoms with Gasteiger partial charge in [-0.3, -0.25) is 4.99 Å². The number of nitrogens with zero attached hydrogens (tertiary/aromatic N) is 2. The molecule has 0 radical (unpaired) electrons. The molecular formula is C19H28N2OSi. The van der Waals surface area contributed by atoms with Crippen LogP contribution in [0.3, 0.4) is 0 Å². The summed E-state index contributed by atoms with van der Waals surface area (Å²) in [5.41, 5.74) is 4.38. The van der Waals surface area contributed by atoms with Crippen LogP contribution in [0.15, 0.2) is 41.5 Å². The van der Waals surface area contributed by atoms with E-state index in [2.05, 4.69) is 61.3 Å². The van der Waals surface area contributed by atoms with Gasteiger partial charge >= 0.3 is 0 Å². The Balaban J connectivity index is 2.53. The normalized spacial score (nSPS) is 18.1. The van der Waals surface area contributed by atoms with Crippen LogP contribution in [0.1, 0.15) is 19.4 Å². The molecule has 124 valence electrons. The Labute approximate surface area is 142 Å². The van der Waals surface area contributed by atoms with E-state index in [0.29, 0.717) is 6.61 Å². The van der Waals surface area contributed by atoms with E-state index >= 15 is 0 Å². The fraction of sp³-hybridized carbons (Fsp3) is 0.421. The van der Waals surface area contributed by atoms with E-state index < -0.39 is 8.80 Å². The summed E-state index contributed by atoms with van der Waals surface area (Å²) in [6.07, 6.45) is 2.15. The average molecular weight is 329 g/mol. The molecule has 1 atom stereocenters. The molecular weight excluding hydrogens is 300 g/mol. The first-order chi connectivity index (χ1) is 11.0. The van der Waals surface area contributed by atoms with Crippen LogP contribution < -0.4 is 9.92 Å². The van der Waals surface area contributed by atoms with Crippen molar-refractivity contribution in [1.29, 1.82) is 0 Å². The number of benzene rings is 1. The predicted octanol–water partition coefficient (Wildman–Crippen LogP) is 3.08. The Morgan fingerprint density at radius 3 is 2.70 bits per heavy atom. The van der Waals surface area contributed by atoms with Gasteiger partial charge in [-0.1, -0.05) is 43.4 Å². The number of hydrogen-bond acceptors (Lipinski definition) is 3. The highest BCUT2D eigenvalue weighted by atomic mass is 28.3. The molecule has 0 saturated heterocycles. The van der Waals surface area contributed by atoms with E-state index in [4.69, 9.17) is 4.74 Å². The summed E-state index contributed by atoms with van der Waals surface area (Å²) in [6.45, 7) is 12.4. The van der Waals surface area contributed by atoms with Gasteiger partial charge in [0.1, 0.15) is 5.75 Å². The van der Waals surface area contributed by atoms with E-state index in [1.165, 1.54) is 22.4 Å². The number of rotatable bonds is 5. The molecule has 1 unspecified atom stereocenters. The topological polar surface area (TPSA) is 24.8 Å². The van der Waals surface area contributed by atoms with Gasteiger partial charge in [-0.15, -0.1) is 0 Å². The third-order valence-corrected chi connectivity index (χ3v) is 7.27. The second kappa shape index (κ2) is 7.64. The quantitative estimate of drug-likeness (QED) is 0.776. The minimum atomic E-state index is -0.858. The van der Waals surface area contributed by atoms with Crippen molar-refractivity contribution in [1.82, 2.24) is 4.90 Å². The van der Waals surface area contributed by atoms with Gasteiger partial charge in [-0.25, -0.2) is 0 Å². The molecule has 0 saturated carbocycles. The predicted molar refractivity (Wildman–Crippen MR) is 104 cm³/mol. The molecule has 1 aliphatic rings. The highest BCUT2D eigenvalue weighted by Gasteiger charge is 2.21. The molecule has 0 aromatic heterocycles. The zero-order valence-electron chi connectivity index (χ0n) is 15.0. The van der Waals surface area contributed by atoms with Gasteiger partial charge < -0.3 is 9.64 Å². The molecule has 1 aromatic rings. The number of likely N-dealkylation sites (N-methyl/N-ethyl adjacent to an activating group) is 1. The maximum Gasteiger partial charge on any atom is 0.126 e. The summed E-state index contributed by atoms with van der Waals surface area (Å²) in [7, 11) is 3.03. The van der Waals surface area contributed by atoms with Gasteiger partial charge in [-0.2, -0.15) is 0 Å². The van der Waals surface area contributed by atoms with Crippen molar-refractivity contribution in [3.63, 3.8) is 0 Å². The molecule has 23 heavy (non-hydrogen) atoms. The van der Waals surface area contributed by atoms with Gasteiger partial charge in [0, 0.05) is 26.2 Å². The van der Waals surface area contributed by atoms with Crippen LogP contribution in [0.5, 0.6) is 5.75 Å². The molecule has 0 bridgehead atoms. The van der Waals surface area contributed by atoms with Crippen molar-refractivity contribution in [2.45, 2.75) is 26.4 Å². The van der Waals surface area contributed by atoms with E-state index in [9.17, 15) is 0 Å². The van der Waals surface area contributed by atoms with E-state index in [0.717, 1.165) is 23.7 Å². The summed E-state index contributed by atoms with van der Waals surface area (Å²) in [5, 5.41) is 1.49. The molecule has 0 spiro atoms. The first-order valence-corrected chi connectivity index (χ1v) is 10.9. The average Bonchev–Trinajstić information content (AvgIpc) is 2.57. The van der Waals surface area contributed by atoms with Gasteiger partial charge in [0.15, 0.2) is 0 Å². The Kier molecular flexibility index (Phi) is 5.83. The summed E-state index contributed by atoms with van der Waals surface area (Å²) in [5.74, 6) is 0.969. The molecule has 3 nitrogen and oxygen atoms in total. The Hall–Kier alpha value is -1.81. The van der Waals surface area contributed by atoms with E-state index in [1.807, 2.05) is 14.0 Å². The lowest BCUT2D eigenvalue weighted by atomic mass is 9.98. The fourth-order valence-electron chi connectivity index (χ4n) is 2.82. The molecule has 1 heterocycles. The molecule has 4 heteroatoms. The summed E-state index contributed by atoms with van der Waals surface area (Å²) >= 11 is 0. The van der Waals surface area contributed by atoms with Gasteiger partial charge in [0.25, 0.3) is 0 Å². The number of ether oxygens (including phenoxy) is 1. The minimum Gasteiger partial charge on any atom is -0.493 e. The minimum absolute atomic E-state index is 0.678. The third kappa shape index (κ3) is 3.75. The van der Waals surface area contributed by atoms with Crippen molar-refractivity contribution in [3.05, 3.63) is 42.1 Å². The lowest BCUT2D eigenvalue weighted by molar-refractivity contribution is 0.339. The molecule has 1 aliphatic heterocycles. The SMILES string of the molecule is C=C1C(=NC)C=C(c2cc([SiH](C)CC)ccc2OCC)CN1C. The van der Waals surface area contributed by atoms with Crippen LogP contribution in [0.4, 0.5) is 0 Å². The first-order valence-electron chi connectivity index (χ1n) is 8.36. The molecule has 0 amide bonds. The van der Waals surface area contributed by atoms with Crippen molar-refractivity contribution >= 4 is 25.3 Å². The Bertz CT molecular complexity index is 649. The maximum absolute atomic E-state index is 5.88. The Morgan fingerprint density at radius 1 is 1.35 bits per heavy atom. The maximum atomic E-state index is 5.88. The van der Waals surface area contributed by atoms with Gasteiger partial charge in [0.2, 0.25) is 0 Å². The Morgan fingerprint density at radius 2 is 2.09 bits per heavy atom. The lowest BCUT2D eigenvalue weighted by Gasteiger charge is -2.29. The number of allylic oxidation sites excluding steroid dienone is 1. The number of aliphatic imine (C=N–C) groups is 1. The molecule has 0 N–H and O–H groups in total. The molecule has 1 aromatic carbocycles. The standard InChI is InChI=1S/C19H28N2OSi/c1-7-22-19-10-9-16(23(6)8-2)12-17(19)15-11-18(20-4)14(3)21(5)13-15/h9-12,23H,3,7-8,13H2,1-2,4-6H3. The summed E-state index contributed by atoms with van der Waals surface area (Å²) in [6, 6.07) is 7.99. The van der Waals surface area contributed by atoms with Crippen LogP contribution in [-0.4, -0.2) is 46.7 Å². The third-order valence-electron chi connectivity index (χ3n) is 4.55. The van der Waals surface area contributed by atoms with Crippen molar-refractivity contribution in [2.75, 3.05) is 27.2 Å². The van der Waals surface area contributed by atoms with Crippen molar-refractivity contribution in [3.8, 4) is 5.75 Å². The monoisotopic (exact) mass is 328 g/mol. The van der Waals surface area contributed by atoms with Crippen LogP contribution in [-0.2, 0) is 0 Å². The van der Waals surface area contributed by atoms with Gasteiger partial charge in [-0.05, 0) is 24.6 Å². The fourth-order valence-corrected chi connectivity index (χ4v) is 4.17. The summed E-state index contributed by atoms with van der Waals surface area (Å²) in [4.78, 5) is 6.52. The van der Waals surface area contributed by atoms with Crippen LogP contribution in [0, 0.1) is 0 Å². The van der Waals surface area contributed by atoms with Crippen LogP contribution in [0.25, 0.3) is 5.57 Å². The van der Waals surface area contributed by atoms with Gasteiger partial charge in [0.05, 0.1) is 26.8 Å². The second-order valence-corrected chi connectivity index (χ2v) is 9.36. The first kappa shape index (κ1) is 17.5. The molecule has 0 fully saturated rings. The zero-order valence-corrected chi connectivity index (χ0v) is 16.2. The molecule has 2 rings (SSSR count). The highest BCUT2D eigenvalue weighted by Crippen LogP contribution is 2.30. The van der Waals surface area contributed by atoms with Crippen LogP contribution >= 0.6 is 0 Å². The lowest BCUT2D eigenvalue weighted by Crippen LogP contribution is -2.30. The van der Waals surface area contributed by atoms with E-state index in [-0.39, 0.29) is 0 Å². The smallest absolute Gasteiger partial charge is 0.126 e. The van der Waals surface area contributed by atoms with Crippen molar-refractivity contribution in [2.24, 2.45) is 4.99 Å². The van der Waals surface area contributed by atoms with E-state index in [1.54, 1.807) is 0 Å². The van der Waals surface area contributed by atoms with Crippen molar-refractivity contribution < 1.29 is 4.74 Å². The summed E-state index contributed by atoms with van der Waals surface area (Å²) < 4.78 is 5.88. The second-order valence-electron chi connectivity index (χ2n) is 6.08. The zero-order chi connectivity index (χ0) is 17.0. The number of hydrogen-bond donors (Lipinski definition) is 0. The largest absolute Gasteiger partial charge is 0.493 e.